The predicted octanol–water partition coefficient (Wildman–Crippen LogP) is 7.27. The molecule has 4 nitrogen and oxygen atoms in total. The van der Waals surface area contributed by atoms with Crippen LogP contribution >= 0.6 is 0 Å². The van der Waals surface area contributed by atoms with Crippen molar-refractivity contribution in [1.29, 1.82) is 0 Å². The van der Waals surface area contributed by atoms with Gasteiger partial charge in [-0.05, 0) is 73.4 Å². The van der Waals surface area contributed by atoms with Crippen molar-refractivity contribution in [2.24, 2.45) is 0 Å². The Morgan fingerprint density at radius 1 is 0.781 bits per heavy atom. The van der Waals surface area contributed by atoms with Gasteiger partial charge in [0.05, 0.1) is 24.1 Å². The van der Waals surface area contributed by atoms with Crippen LogP contribution in [0.25, 0.3) is 11.3 Å². The summed E-state index contributed by atoms with van der Waals surface area (Å²) in [5.74, 6) is 0.954. The summed E-state index contributed by atoms with van der Waals surface area (Å²) < 4.78 is 11.3. The lowest BCUT2D eigenvalue weighted by Crippen LogP contribution is -2.08. The van der Waals surface area contributed by atoms with Crippen LogP contribution in [0.2, 0.25) is 0 Å². The summed E-state index contributed by atoms with van der Waals surface area (Å²) in [7, 11) is 0. The van der Waals surface area contributed by atoms with E-state index in [-0.39, 0.29) is 5.97 Å². The average Bonchev–Trinajstić information content (AvgIpc) is 2.84. The van der Waals surface area contributed by atoms with Crippen LogP contribution in [-0.4, -0.2) is 17.6 Å². The minimum Gasteiger partial charge on any atom is -0.492 e. The molecule has 32 heavy (non-hydrogen) atoms. The van der Waals surface area contributed by atoms with Crippen LogP contribution in [0.15, 0.2) is 66.9 Å². The number of ether oxygens (including phenoxy) is 2. The molecule has 0 atom stereocenters. The van der Waals surface area contributed by atoms with Crippen molar-refractivity contribution in [3.8, 4) is 22.8 Å². The number of benzene rings is 2. The number of hydrogen-bond acceptors (Lipinski definition) is 4. The Morgan fingerprint density at radius 2 is 1.50 bits per heavy atom. The molecule has 0 aliphatic heterocycles. The van der Waals surface area contributed by atoms with Crippen molar-refractivity contribution in [3.63, 3.8) is 0 Å². The largest absolute Gasteiger partial charge is 0.492 e. The fourth-order valence-electron chi connectivity index (χ4n) is 3.40. The van der Waals surface area contributed by atoms with Gasteiger partial charge in [-0.3, -0.25) is 4.98 Å². The van der Waals surface area contributed by atoms with Crippen molar-refractivity contribution >= 4 is 5.97 Å². The molecule has 3 rings (SSSR count). The SMILES string of the molecule is CCCCCCOc1ccc(-c2ccc(OC(=O)c3ccc(CCCC)cc3)cc2)nc1. The molecule has 4 heteroatoms. The van der Waals surface area contributed by atoms with Crippen LogP contribution in [0.1, 0.15) is 68.3 Å². The molecule has 0 amide bonds. The fourth-order valence-corrected chi connectivity index (χ4v) is 3.40. The van der Waals surface area contributed by atoms with Gasteiger partial charge in [-0.1, -0.05) is 51.7 Å². The number of esters is 1. The maximum Gasteiger partial charge on any atom is 0.343 e. The second-order valence-electron chi connectivity index (χ2n) is 8.00. The molecule has 0 N–H and O–H groups in total. The molecule has 3 aromatic rings. The maximum absolute atomic E-state index is 12.4. The highest BCUT2D eigenvalue weighted by Crippen LogP contribution is 2.23. The van der Waals surface area contributed by atoms with Gasteiger partial charge in [-0.15, -0.1) is 0 Å². The molecular weight excluding hydrogens is 398 g/mol. The van der Waals surface area contributed by atoms with Gasteiger partial charge in [0, 0.05) is 5.56 Å². The molecule has 0 saturated carbocycles. The summed E-state index contributed by atoms with van der Waals surface area (Å²) in [6.45, 7) is 5.10. The summed E-state index contributed by atoms with van der Waals surface area (Å²) in [6.07, 6.45) is 9.84. The smallest absolute Gasteiger partial charge is 0.343 e. The summed E-state index contributed by atoms with van der Waals surface area (Å²) in [4.78, 5) is 16.9. The molecule has 0 unspecified atom stereocenters. The monoisotopic (exact) mass is 431 g/mol. The first kappa shape index (κ1) is 23.5. The third-order valence-electron chi connectivity index (χ3n) is 5.37. The van der Waals surface area contributed by atoms with Gasteiger partial charge in [0.2, 0.25) is 0 Å². The number of unbranched alkanes of at least 4 members (excludes halogenated alkanes) is 4. The standard InChI is InChI=1S/C28H33NO3/c1-3-5-7-8-20-31-26-18-19-27(29-21-26)23-14-16-25(17-15-23)32-28(30)24-12-10-22(11-13-24)9-6-4-2/h10-19,21H,3-9,20H2,1-2H3. The average molecular weight is 432 g/mol. The number of rotatable bonds is 12. The Balaban J connectivity index is 1.52. The first-order valence-electron chi connectivity index (χ1n) is 11.7. The van der Waals surface area contributed by atoms with E-state index in [1.807, 2.05) is 48.5 Å². The molecule has 2 aromatic carbocycles. The zero-order valence-corrected chi connectivity index (χ0v) is 19.2. The van der Waals surface area contributed by atoms with Crippen molar-refractivity contribution in [2.75, 3.05) is 6.61 Å². The zero-order valence-electron chi connectivity index (χ0n) is 19.2. The van der Waals surface area contributed by atoms with Gasteiger partial charge in [0.1, 0.15) is 11.5 Å². The summed E-state index contributed by atoms with van der Waals surface area (Å²) in [6, 6.07) is 19.0. The molecule has 0 bridgehead atoms. The molecule has 0 fully saturated rings. The van der Waals surface area contributed by atoms with Crippen LogP contribution in [0.3, 0.4) is 0 Å². The molecule has 0 spiro atoms. The molecular formula is C28H33NO3. The lowest BCUT2D eigenvalue weighted by Gasteiger charge is -2.08. The summed E-state index contributed by atoms with van der Waals surface area (Å²) in [5, 5.41) is 0. The van der Waals surface area contributed by atoms with E-state index in [1.165, 1.54) is 24.8 Å². The normalized spacial score (nSPS) is 10.7. The van der Waals surface area contributed by atoms with Gasteiger partial charge in [-0.25, -0.2) is 4.79 Å². The molecule has 0 saturated heterocycles. The van der Waals surface area contributed by atoms with E-state index in [9.17, 15) is 4.79 Å². The summed E-state index contributed by atoms with van der Waals surface area (Å²) >= 11 is 0. The van der Waals surface area contributed by atoms with Crippen LogP contribution in [0, 0.1) is 0 Å². The minimum atomic E-state index is -0.349. The number of hydrogen-bond donors (Lipinski definition) is 0. The second kappa shape index (κ2) is 12.7. The van der Waals surface area contributed by atoms with Crippen LogP contribution < -0.4 is 9.47 Å². The van der Waals surface area contributed by atoms with Crippen LogP contribution in [-0.2, 0) is 6.42 Å². The molecule has 0 aliphatic rings. The predicted molar refractivity (Wildman–Crippen MR) is 129 cm³/mol. The van der Waals surface area contributed by atoms with E-state index in [0.29, 0.717) is 11.3 Å². The topological polar surface area (TPSA) is 48.4 Å². The molecule has 0 radical (unpaired) electrons. The number of carbonyl (C=O) groups excluding carboxylic acids is 1. The highest BCUT2D eigenvalue weighted by atomic mass is 16.5. The first-order chi connectivity index (χ1) is 15.7. The fraction of sp³-hybridized carbons (Fsp3) is 0.357. The minimum absolute atomic E-state index is 0.349. The number of pyridine rings is 1. The molecule has 1 heterocycles. The van der Waals surface area contributed by atoms with Crippen molar-refractivity contribution in [3.05, 3.63) is 78.0 Å². The van der Waals surface area contributed by atoms with Gasteiger partial charge in [0.15, 0.2) is 0 Å². The highest BCUT2D eigenvalue weighted by Gasteiger charge is 2.09. The number of aromatic nitrogens is 1. The van der Waals surface area contributed by atoms with Gasteiger partial charge in [0.25, 0.3) is 0 Å². The van der Waals surface area contributed by atoms with Crippen LogP contribution in [0.4, 0.5) is 0 Å². The van der Waals surface area contributed by atoms with E-state index in [0.717, 1.165) is 49.3 Å². The van der Waals surface area contributed by atoms with Crippen molar-refractivity contribution < 1.29 is 14.3 Å². The van der Waals surface area contributed by atoms with E-state index >= 15 is 0 Å². The van der Waals surface area contributed by atoms with E-state index in [2.05, 4.69) is 18.8 Å². The summed E-state index contributed by atoms with van der Waals surface area (Å²) in [5.41, 5.74) is 3.61. The van der Waals surface area contributed by atoms with Crippen molar-refractivity contribution in [1.82, 2.24) is 4.98 Å². The third kappa shape index (κ3) is 7.23. The van der Waals surface area contributed by atoms with E-state index in [1.54, 1.807) is 18.3 Å². The van der Waals surface area contributed by atoms with E-state index in [4.69, 9.17) is 9.47 Å². The van der Waals surface area contributed by atoms with Crippen LogP contribution in [0.5, 0.6) is 11.5 Å². The number of carbonyl (C=O) groups is 1. The Hall–Kier alpha value is -3.14. The van der Waals surface area contributed by atoms with Gasteiger partial charge >= 0.3 is 5.97 Å². The van der Waals surface area contributed by atoms with E-state index < -0.39 is 0 Å². The molecule has 0 aliphatic carbocycles. The lowest BCUT2D eigenvalue weighted by atomic mass is 10.1. The van der Waals surface area contributed by atoms with Gasteiger partial charge in [-0.2, -0.15) is 0 Å². The highest BCUT2D eigenvalue weighted by molar-refractivity contribution is 5.91. The Labute approximate surface area is 191 Å². The molecule has 168 valence electrons. The quantitative estimate of drug-likeness (QED) is 0.172. The molecule has 1 aromatic heterocycles. The Morgan fingerprint density at radius 3 is 2.16 bits per heavy atom. The maximum atomic E-state index is 12.4. The van der Waals surface area contributed by atoms with Crippen molar-refractivity contribution in [2.45, 2.75) is 58.8 Å². The third-order valence-corrected chi connectivity index (χ3v) is 5.37. The van der Waals surface area contributed by atoms with Gasteiger partial charge < -0.3 is 9.47 Å². The zero-order chi connectivity index (χ0) is 22.6. The number of nitrogens with zero attached hydrogens (tertiary/aromatic N) is 1. The second-order valence-corrected chi connectivity index (χ2v) is 8.00. The number of aryl methyl sites for hydroxylation is 1. The Kier molecular flexibility index (Phi) is 9.30. The Bertz CT molecular complexity index is 947. The lowest BCUT2D eigenvalue weighted by molar-refractivity contribution is 0.0735. The first-order valence-corrected chi connectivity index (χ1v) is 11.7.